The van der Waals surface area contributed by atoms with Gasteiger partial charge in [-0.15, -0.1) is 0 Å². The summed E-state index contributed by atoms with van der Waals surface area (Å²) in [6, 6.07) is -4.72. The Bertz CT molecular complexity index is 729. The average molecular weight is 572 g/mol. The molecule has 2 N–H and O–H groups in total. The van der Waals surface area contributed by atoms with Crippen molar-refractivity contribution in [3.8, 4) is 0 Å². The van der Waals surface area contributed by atoms with Gasteiger partial charge in [0.1, 0.15) is 18.4 Å². The third kappa shape index (κ3) is 7.29. The smallest absolute Gasteiger partial charge is 0.393 e. The average Bonchev–Trinajstić information content (AvgIpc) is 2.81. The Hall–Kier alpha value is -0.780. The van der Waals surface area contributed by atoms with Gasteiger partial charge in [0.25, 0.3) is 6.43 Å². The molecule has 0 aromatic carbocycles. The maximum absolute atomic E-state index is 16.3. The number of hydrogen-bond donors (Lipinski definition) is 2. The van der Waals surface area contributed by atoms with Gasteiger partial charge < -0.3 is 5.11 Å². The molecule has 0 aromatic heterocycles. The number of piperidine rings is 1. The Morgan fingerprint density at radius 1 is 0.789 bits per heavy atom. The molecule has 0 amide bonds. The number of nitrogens with one attached hydrogen (secondary N) is 1. The summed E-state index contributed by atoms with van der Waals surface area (Å²) in [6.07, 6.45) is -19.0. The van der Waals surface area contributed by atoms with Crippen LogP contribution in [0.15, 0.2) is 0 Å². The lowest BCUT2D eigenvalue weighted by Gasteiger charge is -2.55. The molecule has 2 saturated carbocycles. The zero-order chi connectivity index (χ0) is 28.6. The summed E-state index contributed by atoms with van der Waals surface area (Å²) < 4.78 is 141. The summed E-state index contributed by atoms with van der Waals surface area (Å²) in [5, 5.41) is 13.0. The lowest BCUT2D eigenvalue weighted by atomic mass is 9.57. The molecule has 1 heterocycles. The van der Waals surface area contributed by atoms with Crippen LogP contribution in [0, 0.1) is 41.4 Å². The fourth-order valence-electron chi connectivity index (χ4n) is 7.40. The number of alkyl halides is 10. The van der Waals surface area contributed by atoms with Crippen molar-refractivity contribution in [1.29, 1.82) is 0 Å². The van der Waals surface area contributed by atoms with Crippen molar-refractivity contribution >= 4 is 0 Å². The van der Waals surface area contributed by atoms with Gasteiger partial charge in [-0.05, 0) is 81.5 Å². The molecule has 224 valence electrons. The first-order chi connectivity index (χ1) is 17.5. The largest absolute Gasteiger partial charge is 0.404 e. The Balaban J connectivity index is 2.03. The standard InChI is InChI=1S/C26H39F10NO/c1-12(2)11-17(38)19-18(13-5-9-16(27)10-6-13)20(23(26(34,35)36)37-22(19)24(29)30)21(28)14-3-7-15(8-4-14)25(31,32)33/h12-24,37-38H,3-11H2,1-2H3. The molecular formula is C26H39F10NO. The molecule has 2 aliphatic carbocycles. The predicted octanol–water partition coefficient (Wildman–Crippen LogP) is 7.64. The molecule has 38 heavy (non-hydrogen) atoms. The van der Waals surface area contributed by atoms with E-state index in [1.165, 1.54) is 0 Å². The van der Waals surface area contributed by atoms with Gasteiger partial charge in [-0.25, -0.2) is 17.6 Å². The van der Waals surface area contributed by atoms with E-state index in [0.29, 0.717) is 0 Å². The second kappa shape index (κ2) is 12.4. The van der Waals surface area contributed by atoms with Gasteiger partial charge in [0, 0.05) is 11.8 Å². The van der Waals surface area contributed by atoms with Crippen LogP contribution in [0.3, 0.4) is 0 Å². The molecule has 1 aliphatic heterocycles. The van der Waals surface area contributed by atoms with E-state index in [1.807, 2.05) is 5.32 Å². The van der Waals surface area contributed by atoms with Crippen LogP contribution in [0.25, 0.3) is 0 Å². The number of rotatable bonds is 7. The van der Waals surface area contributed by atoms with Gasteiger partial charge in [0.2, 0.25) is 0 Å². The van der Waals surface area contributed by atoms with Crippen LogP contribution >= 0.6 is 0 Å². The molecular weight excluding hydrogens is 532 g/mol. The quantitative estimate of drug-likeness (QED) is 0.308. The highest BCUT2D eigenvalue weighted by atomic mass is 19.4. The van der Waals surface area contributed by atoms with Crippen molar-refractivity contribution in [2.75, 3.05) is 0 Å². The molecule has 2 nitrogen and oxygen atoms in total. The lowest BCUT2D eigenvalue weighted by Crippen LogP contribution is -2.69. The fourth-order valence-corrected chi connectivity index (χ4v) is 7.40. The maximum Gasteiger partial charge on any atom is 0.404 e. The zero-order valence-corrected chi connectivity index (χ0v) is 21.6. The van der Waals surface area contributed by atoms with Crippen LogP contribution in [0.2, 0.25) is 0 Å². The van der Waals surface area contributed by atoms with E-state index in [-0.39, 0.29) is 50.9 Å². The summed E-state index contributed by atoms with van der Waals surface area (Å²) in [6.45, 7) is 3.43. The highest BCUT2D eigenvalue weighted by Crippen LogP contribution is 2.53. The molecule has 0 radical (unpaired) electrons. The first-order valence-corrected chi connectivity index (χ1v) is 13.7. The lowest BCUT2D eigenvalue weighted by molar-refractivity contribution is -0.220. The summed E-state index contributed by atoms with van der Waals surface area (Å²) in [4.78, 5) is 0. The van der Waals surface area contributed by atoms with Crippen molar-refractivity contribution in [2.24, 2.45) is 41.4 Å². The fraction of sp³-hybridized carbons (Fsp3) is 1.00. The van der Waals surface area contributed by atoms with Gasteiger partial charge >= 0.3 is 12.4 Å². The van der Waals surface area contributed by atoms with E-state index in [9.17, 15) is 44.6 Å². The minimum atomic E-state index is -5.12. The summed E-state index contributed by atoms with van der Waals surface area (Å²) in [7, 11) is 0. The molecule has 12 heteroatoms. The van der Waals surface area contributed by atoms with Crippen molar-refractivity contribution in [3.63, 3.8) is 0 Å². The molecule has 3 fully saturated rings. The molecule has 3 rings (SSSR count). The van der Waals surface area contributed by atoms with E-state index in [1.54, 1.807) is 13.8 Å². The van der Waals surface area contributed by atoms with Crippen LogP contribution < -0.4 is 5.32 Å². The van der Waals surface area contributed by atoms with E-state index in [2.05, 4.69) is 0 Å². The molecule has 1 saturated heterocycles. The first kappa shape index (κ1) is 31.7. The van der Waals surface area contributed by atoms with Crippen molar-refractivity contribution in [1.82, 2.24) is 5.32 Å². The van der Waals surface area contributed by atoms with Gasteiger partial charge in [0.05, 0.1) is 18.1 Å². The SMILES string of the molecule is CC(C)CC(O)C1C(C(F)F)NC(C(F)(F)F)C(C(F)C2CCC(C(F)(F)F)CC2)C1C1CCC(F)CC1. The molecule has 7 atom stereocenters. The van der Waals surface area contributed by atoms with Crippen LogP contribution in [0.1, 0.15) is 71.6 Å². The Kier molecular flexibility index (Phi) is 10.3. The van der Waals surface area contributed by atoms with Crippen LogP contribution in [-0.4, -0.2) is 54.4 Å². The van der Waals surface area contributed by atoms with Crippen LogP contribution in [0.4, 0.5) is 43.9 Å². The Morgan fingerprint density at radius 2 is 1.34 bits per heavy atom. The summed E-state index contributed by atoms with van der Waals surface area (Å²) in [5.41, 5.74) is 0. The molecule has 0 spiro atoms. The third-order valence-corrected chi connectivity index (χ3v) is 9.14. The van der Waals surface area contributed by atoms with E-state index >= 15 is 4.39 Å². The zero-order valence-electron chi connectivity index (χ0n) is 21.6. The molecule has 3 aliphatic rings. The van der Waals surface area contributed by atoms with E-state index in [4.69, 9.17) is 0 Å². The Morgan fingerprint density at radius 3 is 1.79 bits per heavy atom. The number of hydrogen-bond acceptors (Lipinski definition) is 2. The highest BCUT2D eigenvalue weighted by Gasteiger charge is 2.62. The maximum atomic E-state index is 16.3. The minimum Gasteiger partial charge on any atom is -0.393 e. The topological polar surface area (TPSA) is 32.3 Å². The van der Waals surface area contributed by atoms with Gasteiger partial charge in [0.15, 0.2) is 0 Å². The van der Waals surface area contributed by atoms with E-state index < -0.39 is 97.7 Å². The van der Waals surface area contributed by atoms with Crippen LogP contribution in [0.5, 0.6) is 0 Å². The monoisotopic (exact) mass is 571 g/mol. The predicted molar refractivity (Wildman–Crippen MR) is 122 cm³/mol. The number of aliphatic hydroxyl groups is 1. The summed E-state index contributed by atoms with van der Waals surface area (Å²) in [5.74, 6) is -8.32. The van der Waals surface area contributed by atoms with Crippen molar-refractivity contribution in [2.45, 2.75) is 121 Å². The minimum absolute atomic E-state index is 0.00156. The van der Waals surface area contributed by atoms with Gasteiger partial charge in [-0.2, -0.15) is 26.3 Å². The number of aliphatic hydroxyl groups excluding tert-OH is 1. The van der Waals surface area contributed by atoms with Gasteiger partial charge in [-0.3, -0.25) is 5.32 Å². The molecule has 0 aromatic rings. The molecule has 0 bridgehead atoms. The second-order valence-electron chi connectivity index (χ2n) is 12.1. The van der Waals surface area contributed by atoms with Gasteiger partial charge in [-0.1, -0.05) is 13.8 Å². The highest BCUT2D eigenvalue weighted by molar-refractivity contribution is 5.08. The second-order valence-corrected chi connectivity index (χ2v) is 12.1. The normalized spacial score (nSPS) is 39.4. The third-order valence-electron chi connectivity index (χ3n) is 9.14. The molecule has 7 unspecified atom stereocenters. The first-order valence-electron chi connectivity index (χ1n) is 13.7. The van der Waals surface area contributed by atoms with Crippen molar-refractivity contribution in [3.05, 3.63) is 0 Å². The van der Waals surface area contributed by atoms with E-state index in [0.717, 1.165) is 0 Å². The summed E-state index contributed by atoms with van der Waals surface area (Å²) >= 11 is 0. The van der Waals surface area contributed by atoms with Crippen LogP contribution in [-0.2, 0) is 0 Å². The Labute approximate surface area is 217 Å². The van der Waals surface area contributed by atoms with Crippen molar-refractivity contribution < 1.29 is 49.0 Å². The number of halogens is 10.